The molecule has 132 valence electrons. The molecular weight excluding hydrogens is 318 g/mol. The van der Waals surface area contributed by atoms with Gasteiger partial charge >= 0.3 is 0 Å². The summed E-state index contributed by atoms with van der Waals surface area (Å²) in [5.74, 6) is 1.74. The number of nitrogens with one attached hydrogen (secondary N) is 1. The second kappa shape index (κ2) is 9.37. The maximum absolute atomic E-state index is 12.2. The SMILES string of the molecule is CCOc1ccc(NC(=O)C=Cc2ccccc2OC)cc1OCC. The molecular formula is C20H23NO4. The third-order valence-electron chi connectivity index (χ3n) is 3.36. The summed E-state index contributed by atoms with van der Waals surface area (Å²) < 4.78 is 16.3. The lowest BCUT2D eigenvalue weighted by molar-refractivity contribution is -0.111. The van der Waals surface area contributed by atoms with Crippen LogP contribution in [0.5, 0.6) is 17.2 Å². The largest absolute Gasteiger partial charge is 0.496 e. The average molecular weight is 341 g/mol. The van der Waals surface area contributed by atoms with Gasteiger partial charge in [-0.3, -0.25) is 4.79 Å². The highest BCUT2D eigenvalue weighted by molar-refractivity contribution is 6.02. The molecule has 0 unspecified atom stereocenters. The third-order valence-corrected chi connectivity index (χ3v) is 3.36. The van der Waals surface area contributed by atoms with E-state index in [0.717, 1.165) is 5.56 Å². The van der Waals surface area contributed by atoms with E-state index in [2.05, 4.69) is 5.32 Å². The van der Waals surface area contributed by atoms with Crippen LogP contribution in [-0.4, -0.2) is 26.2 Å². The number of carbonyl (C=O) groups is 1. The molecule has 1 N–H and O–H groups in total. The lowest BCUT2D eigenvalue weighted by Gasteiger charge is -2.12. The van der Waals surface area contributed by atoms with Crippen molar-refractivity contribution in [1.29, 1.82) is 0 Å². The first-order chi connectivity index (χ1) is 12.2. The minimum absolute atomic E-state index is 0.238. The molecule has 0 aromatic heterocycles. The molecule has 0 atom stereocenters. The van der Waals surface area contributed by atoms with E-state index in [9.17, 15) is 4.79 Å². The van der Waals surface area contributed by atoms with Gasteiger partial charge < -0.3 is 19.5 Å². The molecule has 0 radical (unpaired) electrons. The van der Waals surface area contributed by atoms with E-state index in [1.807, 2.05) is 38.1 Å². The number of rotatable bonds is 8. The van der Waals surface area contributed by atoms with Crippen molar-refractivity contribution in [2.75, 3.05) is 25.6 Å². The Morgan fingerprint density at radius 1 is 1.00 bits per heavy atom. The van der Waals surface area contributed by atoms with Crippen LogP contribution in [0.25, 0.3) is 6.08 Å². The van der Waals surface area contributed by atoms with Crippen LogP contribution in [0.4, 0.5) is 5.69 Å². The molecule has 0 aliphatic carbocycles. The highest BCUT2D eigenvalue weighted by Crippen LogP contribution is 2.30. The summed E-state index contributed by atoms with van der Waals surface area (Å²) in [6, 6.07) is 12.8. The van der Waals surface area contributed by atoms with Gasteiger partial charge in [0.2, 0.25) is 5.91 Å². The topological polar surface area (TPSA) is 56.8 Å². The summed E-state index contributed by atoms with van der Waals surface area (Å²) in [6.07, 6.45) is 3.18. The van der Waals surface area contributed by atoms with Crippen LogP contribution in [0.3, 0.4) is 0 Å². The third kappa shape index (κ3) is 5.28. The molecule has 2 aromatic rings. The zero-order valence-corrected chi connectivity index (χ0v) is 14.7. The van der Waals surface area contributed by atoms with Gasteiger partial charge in [0.15, 0.2) is 11.5 Å². The van der Waals surface area contributed by atoms with Crippen LogP contribution < -0.4 is 19.5 Å². The second-order valence-corrected chi connectivity index (χ2v) is 5.09. The second-order valence-electron chi connectivity index (χ2n) is 5.09. The Hall–Kier alpha value is -2.95. The lowest BCUT2D eigenvalue weighted by atomic mass is 10.2. The maximum atomic E-state index is 12.2. The van der Waals surface area contributed by atoms with Crippen molar-refractivity contribution in [2.45, 2.75) is 13.8 Å². The van der Waals surface area contributed by atoms with E-state index < -0.39 is 0 Å². The Bertz CT molecular complexity index is 740. The molecule has 0 fully saturated rings. The monoisotopic (exact) mass is 341 g/mol. The summed E-state index contributed by atoms with van der Waals surface area (Å²) in [7, 11) is 1.60. The predicted molar refractivity (Wildman–Crippen MR) is 99.4 cm³/mol. The summed E-state index contributed by atoms with van der Waals surface area (Å²) >= 11 is 0. The van der Waals surface area contributed by atoms with Gasteiger partial charge in [0, 0.05) is 23.4 Å². The van der Waals surface area contributed by atoms with Crippen molar-refractivity contribution in [2.24, 2.45) is 0 Å². The van der Waals surface area contributed by atoms with Crippen molar-refractivity contribution in [3.63, 3.8) is 0 Å². The molecule has 0 bridgehead atoms. The van der Waals surface area contributed by atoms with Gasteiger partial charge in [0.05, 0.1) is 20.3 Å². The molecule has 2 rings (SSSR count). The summed E-state index contributed by atoms with van der Waals surface area (Å²) in [5, 5.41) is 2.82. The first kappa shape index (κ1) is 18.4. The summed E-state index contributed by atoms with van der Waals surface area (Å²) in [6.45, 7) is 4.88. The molecule has 0 spiro atoms. The minimum Gasteiger partial charge on any atom is -0.496 e. The Morgan fingerprint density at radius 2 is 1.72 bits per heavy atom. The minimum atomic E-state index is -0.238. The van der Waals surface area contributed by atoms with Crippen LogP contribution in [0.1, 0.15) is 19.4 Å². The van der Waals surface area contributed by atoms with E-state index in [-0.39, 0.29) is 5.91 Å². The van der Waals surface area contributed by atoms with Gasteiger partial charge in [0.1, 0.15) is 5.75 Å². The van der Waals surface area contributed by atoms with Crippen LogP contribution in [0.15, 0.2) is 48.5 Å². The molecule has 0 aliphatic rings. The van der Waals surface area contributed by atoms with Gasteiger partial charge in [0.25, 0.3) is 0 Å². The number of hydrogen-bond acceptors (Lipinski definition) is 4. The molecule has 0 heterocycles. The highest BCUT2D eigenvalue weighted by Gasteiger charge is 2.07. The standard InChI is InChI=1S/C20H23NO4/c1-4-24-18-12-11-16(14-19(18)25-5-2)21-20(22)13-10-15-8-6-7-9-17(15)23-3/h6-14H,4-5H2,1-3H3,(H,21,22). The zero-order valence-electron chi connectivity index (χ0n) is 14.7. The van der Waals surface area contributed by atoms with E-state index in [1.54, 1.807) is 31.4 Å². The molecule has 0 saturated heterocycles. The average Bonchev–Trinajstić information content (AvgIpc) is 2.62. The fourth-order valence-corrected chi connectivity index (χ4v) is 2.28. The van der Waals surface area contributed by atoms with Gasteiger partial charge in [-0.05, 0) is 38.1 Å². The first-order valence-electron chi connectivity index (χ1n) is 8.19. The normalized spacial score (nSPS) is 10.5. The van der Waals surface area contributed by atoms with E-state index in [1.165, 1.54) is 6.08 Å². The molecule has 5 nitrogen and oxygen atoms in total. The lowest BCUT2D eigenvalue weighted by Crippen LogP contribution is -2.08. The van der Waals surface area contributed by atoms with Gasteiger partial charge in [-0.15, -0.1) is 0 Å². The fraction of sp³-hybridized carbons (Fsp3) is 0.250. The van der Waals surface area contributed by atoms with Crippen LogP contribution in [-0.2, 0) is 4.79 Å². The number of ether oxygens (including phenoxy) is 3. The smallest absolute Gasteiger partial charge is 0.248 e. The van der Waals surface area contributed by atoms with E-state index >= 15 is 0 Å². The Morgan fingerprint density at radius 3 is 2.44 bits per heavy atom. The number of hydrogen-bond donors (Lipinski definition) is 1. The maximum Gasteiger partial charge on any atom is 0.248 e. The Kier molecular flexibility index (Phi) is 6.89. The fourth-order valence-electron chi connectivity index (χ4n) is 2.28. The highest BCUT2D eigenvalue weighted by atomic mass is 16.5. The Labute approximate surface area is 148 Å². The molecule has 2 aromatic carbocycles. The van der Waals surface area contributed by atoms with Crippen LogP contribution in [0.2, 0.25) is 0 Å². The van der Waals surface area contributed by atoms with Crippen molar-refractivity contribution < 1.29 is 19.0 Å². The number of anilines is 1. The quantitative estimate of drug-likeness (QED) is 0.733. The molecule has 5 heteroatoms. The number of para-hydroxylation sites is 1. The first-order valence-corrected chi connectivity index (χ1v) is 8.19. The molecule has 1 amide bonds. The molecule has 25 heavy (non-hydrogen) atoms. The van der Waals surface area contributed by atoms with Crippen LogP contribution >= 0.6 is 0 Å². The van der Waals surface area contributed by atoms with Gasteiger partial charge in [-0.2, -0.15) is 0 Å². The van der Waals surface area contributed by atoms with E-state index in [4.69, 9.17) is 14.2 Å². The summed E-state index contributed by atoms with van der Waals surface area (Å²) in [4.78, 5) is 12.2. The van der Waals surface area contributed by atoms with Crippen molar-refractivity contribution in [3.8, 4) is 17.2 Å². The Balaban J connectivity index is 2.09. The van der Waals surface area contributed by atoms with Crippen molar-refractivity contribution in [3.05, 3.63) is 54.1 Å². The van der Waals surface area contributed by atoms with Crippen molar-refractivity contribution >= 4 is 17.7 Å². The number of benzene rings is 2. The van der Waals surface area contributed by atoms with Crippen LogP contribution in [0, 0.1) is 0 Å². The van der Waals surface area contributed by atoms with Gasteiger partial charge in [-0.1, -0.05) is 18.2 Å². The number of methoxy groups -OCH3 is 1. The molecule has 0 aliphatic heterocycles. The zero-order chi connectivity index (χ0) is 18.1. The van der Waals surface area contributed by atoms with Gasteiger partial charge in [-0.25, -0.2) is 0 Å². The summed E-state index contributed by atoms with van der Waals surface area (Å²) in [5.41, 5.74) is 1.48. The van der Waals surface area contributed by atoms with E-state index in [0.29, 0.717) is 36.1 Å². The number of amides is 1. The predicted octanol–water partition coefficient (Wildman–Crippen LogP) is 4.14. The van der Waals surface area contributed by atoms with Crippen molar-refractivity contribution in [1.82, 2.24) is 0 Å². The molecule has 0 saturated carbocycles. The number of carbonyl (C=O) groups excluding carboxylic acids is 1.